The normalized spacial score (nSPS) is 11.8. The number of nitrogens with one attached hydrogen (secondary N) is 2. The van der Waals surface area contributed by atoms with Crippen LogP contribution in [-0.2, 0) is 0 Å². The Morgan fingerprint density at radius 3 is 2.50 bits per heavy atom. The van der Waals surface area contributed by atoms with Gasteiger partial charge in [0.25, 0.3) is 0 Å². The van der Waals surface area contributed by atoms with Crippen molar-refractivity contribution in [2.24, 2.45) is 0 Å². The highest BCUT2D eigenvalue weighted by molar-refractivity contribution is 7.99. The largest absolute Gasteiger partial charge is 0.478 e. The molecule has 0 saturated carbocycles. The van der Waals surface area contributed by atoms with E-state index in [4.69, 9.17) is 5.11 Å². The molecule has 1 atom stereocenters. The van der Waals surface area contributed by atoms with Crippen LogP contribution in [0, 0.1) is 11.6 Å². The molecule has 1 aromatic carbocycles. The number of hydrogen-bond donors (Lipinski definition) is 3. The van der Waals surface area contributed by atoms with Gasteiger partial charge in [-0.05, 0) is 12.3 Å². The van der Waals surface area contributed by atoms with Gasteiger partial charge in [-0.3, -0.25) is 0 Å². The van der Waals surface area contributed by atoms with E-state index in [0.717, 1.165) is 0 Å². The van der Waals surface area contributed by atoms with Crippen LogP contribution in [0.3, 0.4) is 0 Å². The SMILES string of the molecule is CSC(C)CNC(=O)Nc1cc(F)c(F)cc1C(=O)O. The molecule has 2 amide bonds. The molecule has 0 saturated heterocycles. The summed E-state index contributed by atoms with van der Waals surface area (Å²) in [7, 11) is 0. The fraction of sp³-hybridized carbons (Fsp3) is 0.333. The molecule has 110 valence electrons. The fourth-order valence-electron chi connectivity index (χ4n) is 1.31. The highest BCUT2D eigenvalue weighted by Gasteiger charge is 2.17. The Bertz CT molecular complexity index is 526. The van der Waals surface area contributed by atoms with Gasteiger partial charge in [0, 0.05) is 17.9 Å². The number of thioether (sulfide) groups is 1. The number of hydrogen-bond acceptors (Lipinski definition) is 3. The maximum Gasteiger partial charge on any atom is 0.337 e. The lowest BCUT2D eigenvalue weighted by atomic mass is 10.1. The molecular formula is C12H14F2N2O3S. The standard InChI is InChI=1S/C12H14F2N2O3S/c1-6(20-2)5-15-12(19)16-10-4-9(14)8(13)3-7(10)11(17)18/h3-4,6H,5H2,1-2H3,(H,17,18)(H2,15,16,19). The van der Waals surface area contributed by atoms with Crippen molar-refractivity contribution in [1.29, 1.82) is 0 Å². The minimum absolute atomic E-state index is 0.171. The first-order valence-electron chi connectivity index (χ1n) is 5.65. The van der Waals surface area contributed by atoms with E-state index in [1.807, 2.05) is 13.2 Å². The first-order chi connectivity index (χ1) is 9.35. The molecule has 0 aliphatic heterocycles. The topological polar surface area (TPSA) is 78.4 Å². The number of urea groups is 1. The molecule has 0 radical (unpaired) electrons. The van der Waals surface area contributed by atoms with Crippen LogP contribution in [-0.4, -0.2) is 35.2 Å². The van der Waals surface area contributed by atoms with Gasteiger partial charge < -0.3 is 15.7 Å². The number of aromatic carboxylic acids is 1. The first-order valence-corrected chi connectivity index (χ1v) is 6.94. The highest BCUT2D eigenvalue weighted by atomic mass is 32.2. The van der Waals surface area contributed by atoms with Gasteiger partial charge >= 0.3 is 12.0 Å². The molecule has 0 aliphatic rings. The van der Waals surface area contributed by atoms with Crippen molar-refractivity contribution >= 4 is 29.4 Å². The third-order valence-electron chi connectivity index (χ3n) is 2.49. The van der Waals surface area contributed by atoms with Gasteiger partial charge in [-0.1, -0.05) is 6.92 Å². The molecule has 1 aromatic rings. The number of carbonyl (C=O) groups is 2. The monoisotopic (exact) mass is 304 g/mol. The van der Waals surface area contributed by atoms with E-state index in [0.29, 0.717) is 18.7 Å². The summed E-state index contributed by atoms with van der Waals surface area (Å²) >= 11 is 1.54. The number of carboxylic acid groups (broad SMARTS) is 1. The van der Waals surface area contributed by atoms with Crippen molar-refractivity contribution in [2.75, 3.05) is 18.1 Å². The first kappa shape index (κ1) is 16.2. The Morgan fingerprint density at radius 1 is 1.35 bits per heavy atom. The van der Waals surface area contributed by atoms with Crippen molar-refractivity contribution in [1.82, 2.24) is 5.32 Å². The van der Waals surface area contributed by atoms with Crippen LogP contribution in [0.4, 0.5) is 19.3 Å². The molecule has 5 nitrogen and oxygen atoms in total. The van der Waals surface area contributed by atoms with E-state index in [1.54, 1.807) is 0 Å². The van der Waals surface area contributed by atoms with Gasteiger partial charge in [0.1, 0.15) is 0 Å². The Kier molecular flexibility index (Phi) is 5.75. The van der Waals surface area contributed by atoms with Crippen molar-refractivity contribution < 1.29 is 23.5 Å². The number of rotatable bonds is 5. The molecule has 0 fully saturated rings. The third kappa shape index (κ3) is 4.37. The van der Waals surface area contributed by atoms with E-state index in [2.05, 4.69) is 10.6 Å². The Hall–Kier alpha value is -1.83. The summed E-state index contributed by atoms with van der Waals surface area (Å²) in [5.74, 6) is -3.98. The predicted molar refractivity (Wildman–Crippen MR) is 73.3 cm³/mol. The average molecular weight is 304 g/mol. The minimum Gasteiger partial charge on any atom is -0.478 e. The average Bonchev–Trinajstić information content (AvgIpc) is 2.39. The number of benzene rings is 1. The number of anilines is 1. The van der Waals surface area contributed by atoms with Gasteiger partial charge in [-0.15, -0.1) is 0 Å². The van der Waals surface area contributed by atoms with Crippen LogP contribution in [0.5, 0.6) is 0 Å². The molecule has 8 heteroatoms. The quantitative estimate of drug-likeness (QED) is 0.781. The summed E-state index contributed by atoms with van der Waals surface area (Å²) in [6.07, 6.45) is 1.88. The van der Waals surface area contributed by atoms with Crippen molar-refractivity contribution in [3.05, 3.63) is 29.3 Å². The summed E-state index contributed by atoms with van der Waals surface area (Å²) in [5.41, 5.74) is -0.817. The van der Waals surface area contributed by atoms with Crippen LogP contribution in [0.2, 0.25) is 0 Å². The van der Waals surface area contributed by atoms with Crippen molar-refractivity contribution in [2.45, 2.75) is 12.2 Å². The van der Waals surface area contributed by atoms with Gasteiger partial charge in [-0.25, -0.2) is 18.4 Å². The van der Waals surface area contributed by atoms with Gasteiger partial charge in [0.2, 0.25) is 0 Å². The minimum atomic E-state index is -1.46. The number of amides is 2. The number of carbonyl (C=O) groups excluding carboxylic acids is 1. The molecule has 0 aliphatic carbocycles. The zero-order valence-electron chi connectivity index (χ0n) is 10.9. The second kappa shape index (κ2) is 7.09. The highest BCUT2D eigenvalue weighted by Crippen LogP contribution is 2.20. The molecule has 3 N–H and O–H groups in total. The Labute approximate surface area is 118 Å². The predicted octanol–water partition coefficient (Wildman–Crippen LogP) is 2.54. The molecular weight excluding hydrogens is 290 g/mol. The van der Waals surface area contributed by atoms with E-state index < -0.39 is 29.2 Å². The summed E-state index contributed by atoms with van der Waals surface area (Å²) < 4.78 is 26.1. The molecule has 20 heavy (non-hydrogen) atoms. The lowest BCUT2D eigenvalue weighted by Gasteiger charge is -2.12. The lowest BCUT2D eigenvalue weighted by Crippen LogP contribution is -2.33. The third-order valence-corrected chi connectivity index (χ3v) is 3.46. The second-order valence-electron chi connectivity index (χ2n) is 4.00. The zero-order chi connectivity index (χ0) is 15.3. The molecule has 1 unspecified atom stereocenters. The maximum absolute atomic E-state index is 13.1. The summed E-state index contributed by atoms with van der Waals surface area (Å²) in [6.45, 7) is 2.25. The summed E-state index contributed by atoms with van der Waals surface area (Å²) in [4.78, 5) is 22.5. The van der Waals surface area contributed by atoms with Crippen LogP contribution in [0.25, 0.3) is 0 Å². The Morgan fingerprint density at radius 2 is 1.95 bits per heavy atom. The number of carboxylic acids is 1. The van der Waals surface area contributed by atoms with Crippen LogP contribution in [0.1, 0.15) is 17.3 Å². The van der Waals surface area contributed by atoms with Crippen LogP contribution < -0.4 is 10.6 Å². The van der Waals surface area contributed by atoms with Gasteiger partial charge in [0.05, 0.1) is 11.3 Å². The molecule has 1 rings (SSSR count). The van der Waals surface area contributed by atoms with E-state index >= 15 is 0 Å². The zero-order valence-corrected chi connectivity index (χ0v) is 11.7. The summed E-state index contributed by atoms with van der Waals surface area (Å²) in [5, 5.41) is 13.8. The van der Waals surface area contributed by atoms with Crippen LogP contribution >= 0.6 is 11.8 Å². The molecule has 0 spiro atoms. The Balaban J connectivity index is 2.83. The van der Waals surface area contributed by atoms with E-state index in [1.165, 1.54) is 11.8 Å². The van der Waals surface area contributed by atoms with Crippen molar-refractivity contribution in [3.8, 4) is 0 Å². The van der Waals surface area contributed by atoms with Crippen LogP contribution in [0.15, 0.2) is 12.1 Å². The lowest BCUT2D eigenvalue weighted by molar-refractivity contribution is 0.0697. The van der Waals surface area contributed by atoms with Gasteiger partial charge in [0.15, 0.2) is 11.6 Å². The molecule has 0 aromatic heterocycles. The summed E-state index contributed by atoms with van der Waals surface area (Å²) in [6, 6.07) is 0.480. The molecule has 0 heterocycles. The maximum atomic E-state index is 13.1. The fourth-order valence-corrected chi connectivity index (χ4v) is 1.56. The number of halogens is 2. The molecule has 0 bridgehead atoms. The van der Waals surface area contributed by atoms with Crippen molar-refractivity contribution in [3.63, 3.8) is 0 Å². The smallest absolute Gasteiger partial charge is 0.337 e. The second-order valence-corrected chi connectivity index (χ2v) is 5.27. The van der Waals surface area contributed by atoms with E-state index in [-0.39, 0.29) is 10.9 Å². The van der Waals surface area contributed by atoms with Gasteiger partial charge in [-0.2, -0.15) is 11.8 Å². The van der Waals surface area contributed by atoms with E-state index in [9.17, 15) is 18.4 Å².